The minimum Gasteiger partial charge on any atom is -0.394 e. The Balaban J connectivity index is 2.72. The van der Waals surface area contributed by atoms with Crippen molar-refractivity contribution in [1.82, 2.24) is 10.6 Å². The van der Waals surface area contributed by atoms with E-state index in [1.807, 2.05) is 0 Å². The molecule has 1 saturated heterocycles. The van der Waals surface area contributed by atoms with Gasteiger partial charge in [-0.15, -0.1) is 0 Å². The molecule has 1 fully saturated rings. The molecular formula is C12H22N2O6S. The molecule has 1 aliphatic rings. The molecule has 1 rings (SSSR count). The lowest BCUT2D eigenvalue weighted by Gasteiger charge is -2.41. The molecule has 1 heterocycles. The van der Waals surface area contributed by atoms with Gasteiger partial charge >= 0.3 is 0 Å². The molecule has 5 N–H and O–H groups in total. The Morgan fingerprint density at radius 2 is 1.95 bits per heavy atom. The van der Waals surface area contributed by atoms with E-state index < -0.39 is 49.0 Å². The summed E-state index contributed by atoms with van der Waals surface area (Å²) in [4.78, 5) is 23.1. The van der Waals surface area contributed by atoms with Crippen LogP contribution in [0.1, 0.15) is 13.8 Å². The van der Waals surface area contributed by atoms with Gasteiger partial charge in [0.05, 0.1) is 18.8 Å². The van der Waals surface area contributed by atoms with Crippen molar-refractivity contribution in [2.45, 2.75) is 50.3 Å². The molecule has 21 heavy (non-hydrogen) atoms. The van der Waals surface area contributed by atoms with Gasteiger partial charge in [0.1, 0.15) is 24.4 Å². The van der Waals surface area contributed by atoms with Gasteiger partial charge in [-0.1, -0.05) is 0 Å². The number of nitrogens with one attached hydrogen (secondary N) is 2. The Morgan fingerprint density at radius 1 is 1.33 bits per heavy atom. The number of carbonyl (C=O) groups excluding carboxylic acids is 2. The lowest BCUT2D eigenvalue weighted by atomic mass is 9.93. The number of aliphatic hydroxyl groups excluding tert-OH is 3. The maximum atomic E-state index is 12.1. The molecule has 122 valence electrons. The van der Waals surface area contributed by atoms with Crippen molar-refractivity contribution in [3.63, 3.8) is 0 Å². The fraction of sp³-hybridized carbons (Fsp3) is 0.833. The number of rotatable bonds is 5. The van der Waals surface area contributed by atoms with Crippen LogP contribution in [-0.2, 0) is 14.3 Å². The van der Waals surface area contributed by atoms with Crippen LogP contribution in [0, 0.1) is 0 Å². The smallest absolute Gasteiger partial charge is 0.243 e. The molecule has 0 aromatic carbocycles. The molecular weight excluding hydrogens is 300 g/mol. The maximum Gasteiger partial charge on any atom is 0.243 e. The first kappa shape index (κ1) is 18.2. The fourth-order valence-electron chi connectivity index (χ4n) is 2.21. The van der Waals surface area contributed by atoms with Crippen LogP contribution in [0.3, 0.4) is 0 Å². The molecule has 9 heteroatoms. The summed E-state index contributed by atoms with van der Waals surface area (Å²) in [5.41, 5.74) is 0. The topological polar surface area (TPSA) is 128 Å². The normalized spacial score (nSPS) is 34.1. The highest BCUT2D eigenvalue weighted by Gasteiger charge is 2.43. The van der Waals surface area contributed by atoms with Gasteiger partial charge < -0.3 is 30.7 Å². The van der Waals surface area contributed by atoms with Gasteiger partial charge in [-0.05, 0) is 6.92 Å². The van der Waals surface area contributed by atoms with Crippen molar-refractivity contribution >= 4 is 24.4 Å². The zero-order valence-electron chi connectivity index (χ0n) is 11.9. The van der Waals surface area contributed by atoms with Gasteiger partial charge in [0.15, 0.2) is 0 Å². The molecule has 0 saturated carbocycles. The number of carbonyl (C=O) groups is 2. The molecule has 0 radical (unpaired) electrons. The molecule has 0 aromatic heterocycles. The second-order valence-electron chi connectivity index (χ2n) is 5.01. The molecule has 0 aromatic rings. The predicted molar refractivity (Wildman–Crippen MR) is 76.8 cm³/mol. The summed E-state index contributed by atoms with van der Waals surface area (Å²) in [6, 6.07) is -1.70. The van der Waals surface area contributed by atoms with E-state index in [2.05, 4.69) is 23.3 Å². The van der Waals surface area contributed by atoms with Crippen molar-refractivity contribution in [3.05, 3.63) is 0 Å². The number of aliphatic hydroxyl groups is 3. The summed E-state index contributed by atoms with van der Waals surface area (Å²) in [6.07, 6.45) is -4.11. The van der Waals surface area contributed by atoms with Crippen molar-refractivity contribution in [3.8, 4) is 0 Å². The number of thiol groups is 1. The lowest BCUT2D eigenvalue weighted by Crippen LogP contribution is -2.65. The van der Waals surface area contributed by atoms with Gasteiger partial charge in [0.2, 0.25) is 11.8 Å². The van der Waals surface area contributed by atoms with Crippen LogP contribution in [0.2, 0.25) is 0 Å². The summed E-state index contributed by atoms with van der Waals surface area (Å²) < 4.78 is 5.34. The van der Waals surface area contributed by atoms with Gasteiger partial charge in [-0.25, -0.2) is 0 Å². The van der Waals surface area contributed by atoms with Crippen LogP contribution in [0.25, 0.3) is 0 Å². The highest BCUT2D eigenvalue weighted by Crippen LogP contribution is 2.20. The van der Waals surface area contributed by atoms with E-state index in [1.54, 1.807) is 6.92 Å². The number of ether oxygens (including phenoxy) is 1. The summed E-state index contributed by atoms with van der Waals surface area (Å²) in [7, 11) is 0. The number of hydrogen-bond donors (Lipinski definition) is 6. The van der Waals surface area contributed by atoms with Crippen molar-refractivity contribution < 1.29 is 29.6 Å². The highest BCUT2D eigenvalue weighted by atomic mass is 32.1. The van der Waals surface area contributed by atoms with Gasteiger partial charge in [0, 0.05) is 12.7 Å². The van der Waals surface area contributed by atoms with Gasteiger partial charge in [-0.3, -0.25) is 9.59 Å². The van der Waals surface area contributed by atoms with Crippen molar-refractivity contribution in [1.29, 1.82) is 0 Å². The first-order chi connectivity index (χ1) is 9.81. The van der Waals surface area contributed by atoms with Crippen LogP contribution < -0.4 is 10.6 Å². The van der Waals surface area contributed by atoms with E-state index in [-0.39, 0.29) is 11.7 Å². The molecule has 1 aliphatic heterocycles. The average Bonchev–Trinajstić information content (AvgIpc) is 2.44. The van der Waals surface area contributed by atoms with Gasteiger partial charge in [-0.2, -0.15) is 12.6 Å². The quantitative estimate of drug-likeness (QED) is 0.308. The molecule has 6 atom stereocenters. The fourth-order valence-corrected chi connectivity index (χ4v) is 2.47. The average molecular weight is 322 g/mol. The zero-order valence-corrected chi connectivity index (χ0v) is 12.8. The van der Waals surface area contributed by atoms with E-state index >= 15 is 0 Å². The lowest BCUT2D eigenvalue weighted by molar-refractivity contribution is -0.191. The minimum atomic E-state index is -1.31. The van der Waals surface area contributed by atoms with E-state index in [0.29, 0.717) is 0 Å². The summed E-state index contributed by atoms with van der Waals surface area (Å²) in [6.45, 7) is 2.45. The Labute approximate surface area is 128 Å². The van der Waals surface area contributed by atoms with Crippen LogP contribution in [0.5, 0.6) is 0 Å². The largest absolute Gasteiger partial charge is 0.394 e. The third-order valence-corrected chi connectivity index (χ3v) is 3.72. The minimum absolute atomic E-state index is 0.0886. The first-order valence-corrected chi connectivity index (χ1v) is 7.25. The van der Waals surface area contributed by atoms with Crippen molar-refractivity contribution in [2.75, 3.05) is 12.4 Å². The molecule has 8 nitrogen and oxygen atoms in total. The monoisotopic (exact) mass is 322 g/mol. The third kappa shape index (κ3) is 4.55. The Kier molecular flexibility index (Phi) is 6.88. The van der Waals surface area contributed by atoms with Gasteiger partial charge in [0.25, 0.3) is 0 Å². The molecule has 0 spiro atoms. The molecule has 2 amide bonds. The zero-order chi connectivity index (χ0) is 16.2. The Bertz CT molecular complexity index is 383. The summed E-state index contributed by atoms with van der Waals surface area (Å²) in [5, 5.41) is 33.8. The standard InChI is InChI=1S/C12H22N2O6S/c1-5-9(11(18)10(17)8(3-15)20-5)14-12(19)7(4-21)13-6(2)16/h5,7-11,15,17-18,21H,3-4H2,1-2H3,(H,13,16)(H,14,19). The summed E-state index contributed by atoms with van der Waals surface area (Å²) in [5.74, 6) is -0.821. The summed E-state index contributed by atoms with van der Waals surface area (Å²) >= 11 is 3.99. The van der Waals surface area contributed by atoms with Crippen LogP contribution in [0.4, 0.5) is 0 Å². The molecule has 0 aliphatic carbocycles. The molecule has 6 unspecified atom stereocenters. The van der Waals surface area contributed by atoms with Crippen LogP contribution in [-0.4, -0.2) is 76.0 Å². The first-order valence-electron chi connectivity index (χ1n) is 6.62. The predicted octanol–water partition coefficient (Wildman–Crippen LogP) is -2.59. The van der Waals surface area contributed by atoms with Crippen LogP contribution in [0.15, 0.2) is 0 Å². The Morgan fingerprint density at radius 3 is 2.43 bits per heavy atom. The molecule has 0 bridgehead atoms. The van der Waals surface area contributed by atoms with E-state index in [1.165, 1.54) is 6.92 Å². The van der Waals surface area contributed by atoms with E-state index in [9.17, 15) is 19.8 Å². The second kappa shape index (κ2) is 7.95. The van der Waals surface area contributed by atoms with Crippen LogP contribution >= 0.6 is 12.6 Å². The SMILES string of the molecule is CC(=O)NC(CS)C(=O)NC1C(C)OC(CO)C(O)C1O. The van der Waals surface area contributed by atoms with E-state index in [4.69, 9.17) is 9.84 Å². The second-order valence-corrected chi connectivity index (χ2v) is 5.38. The number of amides is 2. The maximum absolute atomic E-state index is 12.1. The third-order valence-electron chi connectivity index (χ3n) is 3.36. The van der Waals surface area contributed by atoms with Crippen molar-refractivity contribution in [2.24, 2.45) is 0 Å². The highest BCUT2D eigenvalue weighted by molar-refractivity contribution is 7.80. The number of hydrogen-bond acceptors (Lipinski definition) is 7. The Hall–Kier alpha value is -0.870. The van der Waals surface area contributed by atoms with E-state index in [0.717, 1.165) is 0 Å².